The van der Waals surface area contributed by atoms with Gasteiger partial charge in [0.05, 0.1) is 17.4 Å². The lowest BCUT2D eigenvalue weighted by Gasteiger charge is -2.23. The molecule has 3 aromatic rings. The first-order valence-corrected chi connectivity index (χ1v) is 7.99. The van der Waals surface area contributed by atoms with Crippen molar-refractivity contribution in [3.05, 3.63) is 30.7 Å². The van der Waals surface area contributed by atoms with E-state index in [0.717, 1.165) is 48.5 Å². The van der Waals surface area contributed by atoms with Gasteiger partial charge >= 0.3 is 0 Å². The summed E-state index contributed by atoms with van der Waals surface area (Å²) in [7, 11) is 4.02. The molecule has 1 aliphatic rings. The van der Waals surface area contributed by atoms with Crippen molar-refractivity contribution in [2.75, 3.05) is 18.5 Å². The summed E-state index contributed by atoms with van der Waals surface area (Å²) in [5.41, 5.74) is 3.44. The highest BCUT2D eigenvalue weighted by Gasteiger charge is 2.15. The maximum absolute atomic E-state index is 5.41. The highest BCUT2D eigenvalue weighted by molar-refractivity contribution is 5.87. The number of hydrogen-bond donors (Lipinski definition) is 1. The zero-order valence-electron chi connectivity index (χ0n) is 13.5. The molecule has 0 spiro atoms. The molecule has 6 heteroatoms. The van der Waals surface area contributed by atoms with E-state index in [9.17, 15) is 0 Å². The molecule has 1 aliphatic heterocycles. The molecule has 0 unspecified atom stereocenters. The van der Waals surface area contributed by atoms with E-state index in [1.807, 2.05) is 30.3 Å². The Bertz CT molecular complexity index is 829. The fourth-order valence-electron chi connectivity index (χ4n) is 3.19. The van der Waals surface area contributed by atoms with E-state index < -0.39 is 0 Å². The Morgan fingerprint density at radius 1 is 1.17 bits per heavy atom. The molecule has 4 rings (SSSR count). The lowest BCUT2D eigenvalue weighted by Crippen LogP contribution is -2.28. The topological polar surface area (TPSA) is 56.9 Å². The molecule has 3 aromatic heterocycles. The van der Waals surface area contributed by atoms with Crippen LogP contribution in [-0.4, -0.2) is 38.6 Å². The van der Waals surface area contributed by atoms with Crippen LogP contribution in [0.15, 0.2) is 30.7 Å². The average Bonchev–Trinajstić information content (AvgIpc) is 3.13. The van der Waals surface area contributed by atoms with Crippen LogP contribution in [0.5, 0.6) is 0 Å². The molecule has 0 aromatic carbocycles. The van der Waals surface area contributed by atoms with Crippen molar-refractivity contribution in [2.24, 2.45) is 14.1 Å². The van der Waals surface area contributed by atoms with E-state index in [-0.39, 0.29) is 0 Å². The summed E-state index contributed by atoms with van der Waals surface area (Å²) in [4.78, 5) is 4.57. The smallest absolute Gasteiger partial charge is 0.128 e. The molecule has 23 heavy (non-hydrogen) atoms. The van der Waals surface area contributed by atoms with E-state index >= 15 is 0 Å². The van der Waals surface area contributed by atoms with Gasteiger partial charge in [0, 0.05) is 62.8 Å². The quantitative estimate of drug-likeness (QED) is 0.807. The summed E-state index contributed by atoms with van der Waals surface area (Å²) in [5.74, 6) is 0.934. The number of ether oxygens (including phenoxy) is 1. The van der Waals surface area contributed by atoms with Crippen LogP contribution >= 0.6 is 0 Å². The highest BCUT2D eigenvalue weighted by Crippen LogP contribution is 2.28. The lowest BCUT2D eigenvalue weighted by atomic mass is 10.1. The van der Waals surface area contributed by atoms with Crippen molar-refractivity contribution in [3.8, 4) is 11.3 Å². The Balaban J connectivity index is 1.67. The van der Waals surface area contributed by atoms with Gasteiger partial charge < -0.3 is 14.6 Å². The number of anilines is 1. The van der Waals surface area contributed by atoms with E-state index in [0.29, 0.717) is 6.04 Å². The first kappa shape index (κ1) is 14.3. The molecule has 6 nitrogen and oxygen atoms in total. The monoisotopic (exact) mass is 311 g/mol. The summed E-state index contributed by atoms with van der Waals surface area (Å²) in [6.07, 6.45) is 7.93. The zero-order chi connectivity index (χ0) is 15.8. The second-order valence-electron chi connectivity index (χ2n) is 6.15. The van der Waals surface area contributed by atoms with Crippen LogP contribution in [0.1, 0.15) is 12.8 Å². The number of hydrogen-bond acceptors (Lipinski definition) is 4. The van der Waals surface area contributed by atoms with Gasteiger partial charge in [0.25, 0.3) is 0 Å². The number of aryl methyl sites for hydroxylation is 2. The van der Waals surface area contributed by atoms with Crippen LogP contribution in [0.2, 0.25) is 0 Å². The van der Waals surface area contributed by atoms with Crippen molar-refractivity contribution in [2.45, 2.75) is 18.9 Å². The number of rotatable bonds is 3. The van der Waals surface area contributed by atoms with Crippen LogP contribution in [0.4, 0.5) is 5.82 Å². The van der Waals surface area contributed by atoms with E-state index in [1.165, 1.54) is 5.52 Å². The molecule has 0 bridgehead atoms. The first-order chi connectivity index (χ1) is 11.2. The summed E-state index contributed by atoms with van der Waals surface area (Å²) in [6, 6.07) is 4.74. The molecule has 0 atom stereocenters. The molecule has 0 amide bonds. The molecule has 120 valence electrons. The summed E-state index contributed by atoms with van der Waals surface area (Å²) in [6.45, 7) is 1.66. The third kappa shape index (κ3) is 2.70. The maximum Gasteiger partial charge on any atom is 0.128 e. The molecule has 0 saturated carbocycles. The van der Waals surface area contributed by atoms with Crippen LogP contribution in [0, 0.1) is 0 Å². The Morgan fingerprint density at radius 3 is 2.74 bits per heavy atom. The normalized spacial score (nSPS) is 16.1. The number of nitrogens with one attached hydrogen (secondary N) is 1. The Hall–Kier alpha value is -2.34. The molecule has 1 saturated heterocycles. The maximum atomic E-state index is 5.41. The van der Waals surface area contributed by atoms with E-state index in [2.05, 4.69) is 39.1 Å². The van der Waals surface area contributed by atoms with Gasteiger partial charge in [0.2, 0.25) is 0 Å². The van der Waals surface area contributed by atoms with Crippen LogP contribution in [0.3, 0.4) is 0 Å². The highest BCUT2D eigenvalue weighted by atomic mass is 16.5. The third-order valence-corrected chi connectivity index (χ3v) is 4.50. The fraction of sp³-hybridized carbons (Fsp3) is 0.412. The molecule has 0 aliphatic carbocycles. The minimum Gasteiger partial charge on any atom is -0.381 e. The van der Waals surface area contributed by atoms with Crippen LogP contribution in [0.25, 0.3) is 22.2 Å². The van der Waals surface area contributed by atoms with Crippen molar-refractivity contribution in [1.29, 1.82) is 0 Å². The third-order valence-electron chi connectivity index (χ3n) is 4.50. The summed E-state index contributed by atoms with van der Waals surface area (Å²) >= 11 is 0. The second-order valence-corrected chi connectivity index (χ2v) is 6.15. The van der Waals surface area contributed by atoms with Gasteiger partial charge in [-0.15, -0.1) is 0 Å². The standard InChI is InChI=1S/C17H21N5O/c1-21-11-13(10-19-21)15-7-12-9-18-17(8-16(12)22(15)2)20-14-3-5-23-6-4-14/h7-11,14H,3-6H2,1-2H3,(H,18,20). The zero-order valence-corrected chi connectivity index (χ0v) is 13.5. The Morgan fingerprint density at radius 2 is 2.00 bits per heavy atom. The van der Waals surface area contributed by atoms with Gasteiger partial charge in [-0.2, -0.15) is 5.10 Å². The van der Waals surface area contributed by atoms with Gasteiger partial charge in [-0.25, -0.2) is 4.98 Å². The van der Waals surface area contributed by atoms with Gasteiger partial charge in [0.15, 0.2) is 0 Å². The van der Waals surface area contributed by atoms with Crippen LogP contribution in [-0.2, 0) is 18.8 Å². The molecule has 1 fully saturated rings. The largest absolute Gasteiger partial charge is 0.381 e. The minimum atomic E-state index is 0.451. The summed E-state index contributed by atoms with van der Waals surface area (Å²) < 4.78 is 9.43. The Labute approximate surface area is 135 Å². The predicted octanol–water partition coefficient (Wildman–Crippen LogP) is 2.56. The molecular formula is C17H21N5O. The van der Waals surface area contributed by atoms with Crippen molar-refractivity contribution < 1.29 is 4.74 Å². The SMILES string of the molecule is Cn1cc(-c2cc3cnc(NC4CCOCC4)cc3n2C)cn1. The van der Waals surface area contributed by atoms with Gasteiger partial charge in [-0.3, -0.25) is 4.68 Å². The van der Waals surface area contributed by atoms with Gasteiger partial charge in [-0.1, -0.05) is 0 Å². The number of pyridine rings is 1. The number of nitrogens with zero attached hydrogens (tertiary/aromatic N) is 4. The van der Waals surface area contributed by atoms with E-state index in [1.54, 1.807) is 0 Å². The molecule has 0 radical (unpaired) electrons. The van der Waals surface area contributed by atoms with Crippen molar-refractivity contribution in [3.63, 3.8) is 0 Å². The van der Waals surface area contributed by atoms with E-state index in [4.69, 9.17) is 4.74 Å². The average molecular weight is 311 g/mol. The minimum absolute atomic E-state index is 0.451. The second kappa shape index (κ2) is 5.70. The number of fused-ring (bicyclic) bond motifs is 1. The summed E-state index contributed by atoms with van der Waals surface area (Å²) in [5, 5.41) is 8.94. The number of aromatic nitrogens is 4. The van der Waals surface area contributed by atoms with Crippen molar-refractivity contribution in [1.82, 2.24) is 19.3 Å². The van der Waals surface area contributed by atoms with Crippen molar-refractivity contribution >= 4 is 16.7 Å². The fourth-order valence-corrected chi connectivity index (χ4v) is 3.19. The molecule has 4 heterocycles. The lowest BCUT2D eigenvalue weighted by molar-refractivity contribution is 0.0904. The predicted molar refractivity (Wildman–Crippen MR) is 90.4 cm³/mol. The van der Waals surface area contributed by atoms with Gasteiger partial charge in [0.1, 0.15) is 5.82 Å². The van der Waals surface area contributed by atoms with Crippen LogP contribution < -0.4 is 5.32 Å². The first-order valence-electron chi connectivity index (χ1n) is 7.99. The Kier molecular flexibility index (Phi) is 3.53. The molecule has 1 N–H and O–H groups in total. The molecular weight excluding hydrogens is 290 g/mol. The van der Waals surface area contributed by atoms with Gasteiger partial charge in [-0.05, 0) is 18.9 Å².